The molecule has 5 nitrogen and oxygen atoms in total. The van der Waals surface area contributed by atoms with Crippen molar-refractivity contribution in [3.05, 3.63) is 43.5 Å². The molecule has 21 heavy (non-hydrogen) atoms. The highest BCUT2D eigenvalue weighted by molar-refractivity contribution is 9.10. The van der Waals surface area contributed by atoms with Crippen molar-refractivity contribution in [2.24, 2.45) is 0 Å². The summed E-state index contributed by atoms with van der Waals surface area (Å²) in [6.07, 6.45) is 0. The highest BCUT2D eigenvalue weighted by atomic mass is 79.9. The van der Waals surface area contributed by atoms with Crippen LogP contribution < -0.4 is 4.74 Å². The first kappa shape index (κ1) is 16.0. The lowest BCUT2D eigenvalue weighted by atomic mass is 10.1. The Morgan fingerprint density at radius 3 is 2.52 bits per heavy atom. The average Bonchev–Trinajstić information content (AvgIpc) is 2.40. The van der Waals surface area contributed by atoms with Gasteiger partial charge in [-0.3, -0.25) is 0 Å². The Morgan fingerprint density at radius 1 is 1.24 bits per heavy atom. The molecule has 0 saturated heterocycles. The van der Waals surface area contributed by atoms with Crippen molar-refractivity contribution in [1.82, 2.24) is 10.2 Å². The number of hydrogen-bond donors (Lipinski definition) is 1. The van der Waals surface area contributed by atoms with Crippen LogP contribution in [0, 0.1) is 13.8 Å². The van der Waals surface area contributed by atoms with E-state index >= 15 is 0 Å². The van der Waals surface area contributed by atoms with Crippen molar-refractivity contribution in [3.63, 3.8) is 0 Å². The number of ether oxygens (including phenoxy) is 1. The van der Waals surface area contributed by atoms with E-state index in [-0.39, 0.29) is 22.2 Å². The van der Waals surface area contributed by atoms with Crippen molar-refractivity contribution in [2.75, 3.05) is 0 Å². The highest BCUT2D eigenvalue weighted by Gasteiger charge is 2.20. The summed E-state index contributed by atoms with van der Waals surface area (Å²) in [6, 6.07) is 3.02. The maximum absolute atomic E-state index is 11.4. The molecule has 110 valence electrons. The van der Waals surface area contributed by atoms with E-state index in [0.29, 0.717) is 20.8 Å². The molecular formula is C13H9BrCl2N2O3. The molecule has 1 aromatic carbocycles. The Hall–Kier alpha value is -1.37. The molecule has 0 unspecified atom stereocenters. The first-order valence-corrected chi connectivity index (χ1v) is 7.25. The van der Waals surface area contributed by atoms with E-state index < -0.39 is 5.97 Å². The van der Waals surface area contributed by atoms with Crippen molar-refractivity contribution in [1.29, 1.82) is 0 Å². The molecule has 2 aromatic rings. The van der Waals surface area contributed by atoms with Gasteiger partial charge < -0.3 is 9.84 Å². The summed E-state index contributed by atoms with van der Waals surface area (Å²) < 4.78 is 6.08. The van der Waals surface area contributed by atoms with Crippen molar-refractivity contribution >= 4 is 45.1 Å². The minimum Gasteiger partial charge on any atom is -0.477 e. The van der Waals surface area contributed by atoms with E-state index in [2.05, 4.69) is 26.1 Å². The largest absolute Gasteiger partial charge is 0.477 e. The van der Waals surface area contributed by atoms with E-state index in [9.17, 15) is 9.90 Å². The van der Waals surface area contributed by atoms with Gasteiger partial charge >= 0.3 is 5.97 Å². The summed E-state index contributed by atoms with van der Waals surface area (Å²) >= 11 is 15.2. The van der Waals surface area contributed by atoms with Gasteiger partial charge in [0.1, 0.15) is 11.3 Å². The summed E-state index contributed by atoms with van der Waals surface area (Å²) in [5.74, 6) is -1.09. The van der Waals surface area contributed by atoms with Gasteiger partial charge in [-0.05, 0) is 41.4 Å². The number of carboxylic acids is 1. The van der Waals surface area contributed by atoms with Gasteiger partial charge in [0.05, 0.1) is 15.7 Å². The van der Waals surface area contributed by atoms with Crippen molar-refractivity contribution in [3.8, 4) is 11.6 Å². The number of nitrogens with zero attached hydrogens (tertiary/aromatic N) is 2. The quantitative estimate of drug-likeness (QED) is 0.770. The predicted molar refractivity (Wildman–Crippen MR) is 82.7 cm³/mol. The number of aryl methyl sites for hydroxylation is 1. The Kier molecular flexibility index (Phi) is 4.70. The average molecular weight is 392 g/mol. The molecule has 0 amide bonds. The van der Waals surface area contributed by atoms with Gasteiger partial charge in [0, 0.05) is 10.5 Å². The van der Waals surface area contributed by atoms with Crippen LogP contribution in [0.25, 0.3) is 0 Å². The molecule has 0 aliphatic heterocycles. The molecule has 8 heteroatoms. The normalized spacial score (nSPS) is 10.5. The number of aromatic carboxylic acids is 1. The Labute approximate surface area is 139 Å². The van der Waals surface area contributed by atoms with Crippen molar-refractivity contribution < 1.29 is 14.6 Å². The second-order valence-corrected chi connectivity index (χ2v) is 5.86. The summed E-state index contributed by atoms with van der Waals surface area (Å²) in [5, 5.41) is 17.6. The molecule has 1 N–H and O–H groups in total. The van der Waals surface area contributed by atoms with E-state index in [1.54, 1.807) is 19.9 Å². The second kappa shape index (κ2) is 6.17. The zero-order valence-corrected chi connectivity index (χ0v) is 14.0. The molecular weight excluding hydrogens is 383 g/mol. The first-order chi connectivity index (χ1) is 9.81. The van der Waals surface area contributed by atoms with E-state index in [1.165, 1.54) is 6.07 Å². The molecule has 0 bridgehead atoms. The first-order valence-electron chi connectivity index (χ1n) is 5.70. The van der Waals surface area contributed by atoms with Gasteiger partial charge in [0.2, 0.25) is 0 Å². The maximum atomic E-state index is 11.4. The molecule has 0 aliphatic rings. The van der Waals surface area contributed by atoms with Crippen LogP contribution in [0.4, 0.5) is 0 Å². The zero-order chi connectivity index (χ0) is 15.7. The molecule has 2 rings (SSSR count). The number of carbonyl (C=O) groups is 1. The fourth-order valence-electron chi connectivity index (χ4n) is 1.60. The van der Waals surface area contributed by atoms with Crippen molar-refractivity contribution in [2.45, 2.75) is 13.8 Å². The van der Waals surface area contributed by atoms with Gasteiger partial charge in [0.15, 0.2) is 0 Å². The monoisotopic (exact) mass is 390 g/mol. The number of rotatable bonds is 3. The van der Waals surface area contributed by atoms with Crippen LogP contribution in [0.1, 0.15) is 21.6 Å². The van der Waals surface area contributed by atoms with Gasteiger partial charge in [-0.2, -0.15) is 5.10 Å². The third-order valence-corrected chi connectivity index (χ3v) is 4.31. The van der Waals surface area contributed by atoms with Crippen LogP contribution in [0.3, 0.4) is 0 Å². The van der Waals surface area contributed by atoms with Crippen LogP contribution in [0.2, 0.25) is 10.0 Å². The van der Waals surface area contributed by atoms with E-state index in [0.717, 1.165) is 0 Å². The minimum atomic E-state index is -1.15. The van der Waals surface area contributed by atoms with Gasteiger partial charge in [-0.25, -0.2) is 4.79 Å². The van der Waals surface area contributed by atoms with Crippen LogP contribution in [0.5, 0.6) is 11.6 Å². The zero-order valence-electron chi connectivity index (χ0n) is 10.9. The molecule has 0 saturated carbocycles. The van der Waals surface area contributed by atoms with E-state index in [4.69, 9.17) is 27.9 Å². The topological polar surface area (TPSA) is 72.3 Å². The van der Waals surface area contributed by atoms with Crippen LogP contribution in [0.15, 0.2) is 16.6 Å². The third-order valence-electron chi connectivity index (χ3n) is 2.82. The molecule has 0 atom stereocenters. The smallest absolute Gasteiger partial charge is 0.341 e. The summed E-state index contributed by atoms with van der Waals surface area (Å²) in [6.45, 7) is 3.30. The lowest BCUT2D eigenvalue weighted by Gasteiger charge is -2.12. The van der Waals surface area contributed by atoms with Crippen LogP contribution in [-0.2, 0) is 0 Å². The lowest BCUT2D eigenvalue weighted by molar-refractivity contribution is 0.0692. The van der Waals surface area contributed by atoms with Gasteiger partial charge in [-0.15, -0.1) is 5.10 Å². The predicted octanol–water partition coefficient (Wildman–Crippen LogP) is 4.65. The number of benzene rings is 1. The fraction of sp³-hybridized carbons (Fsp3) is 0.154. The van der Waals surface area contributed by atoms with Crippen LogP contribution in [-0.4, -0.2) is 21.3 Å². The highest BCUT2D eigenvalue weighted by Crippen LogP contribution is 2.37. The second-order valence-electron chi connectivity index (χ2n) is 4.19. The molecule has 1 heterocycles. The standard InChI is InChI=1S/C13H9BrCl2N2O3/c1-5-6(2)17-18-12(11(5)13(19)20)21-10-4-8(15)7(14)3-9(10)16/h3-4H,1-2H3,(H,19,20). The SMILES string of the molecule is Cc1nnc(Oc2cc(Cl)c(Br)cc2Cl)c(C(=O)O)c1C. The minimum absolute atomic E-state index is 0.0578. The molecule has 0 aliphatic carbocycles. The summed E-state index contributed by atoms with van der Waals surface area (Å²) in [5.41, 5.74) is 0.934. The lowest BCUT2D eigenvalue weighted by Crippen LogP contribution is -2.08. The molecule has 0 radical (unpaired) electrons. The molecule has 0 fully saturated rings. The maximum Gasteiger partial charge on any atom is 0.341 e. The number of aromatic nitrogens is 2. The Balaban J connectivity index is 2.52. The number of carboxylic acid groups (broad SMARTS) is 1. The molecule has 0 spiro atoms. The van der Waals surface area contributed by atoms with Gasteiger partial charge in [-0.1, -0.05) is 23.2 Å². The summed E-state index contributed by atoms with van der Waals surface area (Å²) in [4.78, 5) is 11.4. The number of hydrogen-bond acceptors (Lipinski definition) is 4. The van der Waals surface area contributed by atoms with E-state index in [1.807, 2.05) is 0 Å². The Morgan fingerprint density at radius 2 is 1.90 bits per heavy atom. The molecule has 1 aromatic heterocycles. The Bertz CT molecular complexity index is 738. The fourth-order valence-corrected chi connectivity index (χ4v) is 2.43. The third kappa shape index (κ3) is 3.28. The van der Waals surface area contributed by atoms with Crippen LogP contribution >= 0.6 is 39.1 Å². The summed E-state index contributed by atoms with van der Waals surface area (Å²) in [7, 11) is 0. The number of halogens is 3. The van der Waals surface area contributed by atoms with Gasteiger partial charge in [0.25, 0.3) is 5.88 Å².